The highest BCUT2D eigenvalue weighted by Gasteiger charge is 2.23. The van der Waals surface area contributed by atoms with Gasteiger partial charge in [-0.25, -0.2) is 0 Å². The van der Waals surface area contributed by atoms with Gasteiger partial charge in [0, 0.05) is 19.1 Å². The zero-order valence-corrected chi connectivity index (χ0v) is 8.54. The van der Waals surface area contributed by atoms with Crippen molar-refractivity contribution in [1.82, 2.24) is 4.90 Å². The molecule has 1 heterocycles. The third-order valence-electron chi connectivity index (χ3n) is 3.56. The molecule has 2 N–H and O–H groups in total. The lowest BCUT2D eigenvalue weighted by Gasteiger charge is -2.38. The lowest BCUT2D eigenvalue weighted by Crippen LogP contribution is -2.55. The summed E-state index contributed by atoms with van der Waals surface area (Å²) in [6.07, 6.45) is 8.83. The van der Waals surface area contributed by atoms with Crippen LogP contribution in [0.4, 0.5) is 0 Å². The summed E-state index contributed by atoms with van der Waals surface area (Å²) in [6.45, 7) is 3.60. The molecule has 0 bridgehead atoms. The largest absolute Gasteiger partial charge is 0.325 e. The first-order valence-corrected chi connectivity index (χ1v) is 5.82. The fourth-order valence-corrected chi connectivity index (χ4v) is 2.63. The first-order valence-electron chi connectivity index (χ1n) is 5.82. The van der Waals surface area contributed by atoms with Gasteiger partial charge in [0.2, 0.25) is 0 Å². The molecular formula is C11H22N2. The van der Waals surface area contributed by atoms with Gasteiger partial charge >= 0.3 is 0 Å². The summed E-state index contributed by atoms with van der Waals surface area (Å²) in [4.78, 5) is 2.50. The van der Waals surface area contributed by atoms with E-state index in [4.69, 9.17) is 5.73 Å². The van der Waals surface area contributed by atoms with E-state index in [2.05, 4.69) is 4.90 Å². The summed E-state index contributed by atoms with van der Waals surface area (Å²) in [5, 5.41) is 0. The topological polar surface area (TPSA) is 29.3 Å². The molecule has 0 aromatic rings. The summed E-state index contributed by atoms with van der Waals surface area (Å²) in [5.41, 5.74) is 5.74. The molecule has 2 aliphatic rings. The zero-order valence-electron chi connectivity index (χ0n) is 8.54. The second kappa shape index (κ2) is 4.43. The normalized spacial score (nSPS) is 27.5. The van der Waals surface area contributed by atoms with E-state index in [-0.39, 0.29) is 0 Å². The zero-order chi connectivity index (χ0) is 9.10. The summed E-state index contributed by atoms with van der Waals surface area (Å²) >= 11 is 0. The van der Waals surface area contributed by atoms with Crippen LogP contribution >= 0.6 is 0 Å². The van der Waals surface area contributed by atoms with Gasteiger partial charge in [-0.05, 0) is 18.9 Å². The van der Waals surface area contributed by atoms with Crippen LogP contribution in [0.3, 0.4) is 0 Å². The summed E-state index contributed by atoms with van der Waals surface area (Å²) in [5.74, 6) is 1.03. The molecule has 2 rings (SSSR count). The van der Waals surface area contributed by atoms with Gasteiger partial charge in [0.25, 0.3) is 0 Å². The quantitative estimate of drug-likeness (QED) is 0.718. The van der Waals surface area contributed by atoms with Gasteiger partial charge in [-0.15, -0.1) is 0 Å². The lowest BCUT2D eigenvalue weighted by molar-refractivity contribution is 0.135. The van der Waals surface area contributed by atoms with Crippen molar-refractivity contribution in [2.45, 2.75) is 44.6 Å². The van der Waals surface area contributed by atoms with E-state index in [9.17, 15) is 0 Å². The highest BCUT2D eigenvalue weighted by Crippen LogP contribution is 2.26. The second-order valence-electron chi connectivity index (χ2n) is 4.81. The lowest BCUT2D eigenvalue weighted by atomic mass is 9.86. The molecule has 0 unspecified atom stereocenters. The molecule has 2 nitrogen and oxygen atoms in total. The predicted octanol–water partition coefficient (Wildman–Crippen LogP) is 1.60. The van der Waals surface area contributed by atoms with E-state index in [0.29, 0.717) is 6.04 Å². The van der Waals surface area contributed by atoms with Gasteiger partial charge < -0.3 is 10.6 Å². The Morgan fingerprint density at radius 2 is 1.77 bits per heavy atom. The minimum atomic E-state index is 0.478. The summed E-state index contributed by atoms with van der Waals surface area (Å²) in [6, 6.07) is 0.478. The Morgan fingerprint density at radius 3 is 2.38 bits per heavy atom. The molecule has 2 fully saturated rings. The number of hydrogen-bond donors (Lipinski definition) is 1. The Hall–Kier alpha value is -0.0800. The first-order chi connectivity index (χ1) is 6.34. The van der Waals surface area contributed by atoms with Crippen LogP contribution in [0.5, 0.6) is 0 Å². The smallest absolute Gasteiger partial charge is 0.0297 e. The molecule has 0 radical (unpaired) electrons. The number of likely N-dealkylation sites (tertiary alicyclic amines) is 1. The fraction of sp³-hybridized carbons (Fsp3) is 1.00. The van der Waals surface area contributed by atoms with Crippen LogP contribution in [-0.2, 0) is 0 Å². The van der Waals surface area contributed by atoms with Gasteiger partial charge in [-0.1, -0.05) is 32.1 Å². The van der Waals surface area contributed by atoms with Crippen LogP contribution in [0.1, 0.15) is 38.5 Å². The van der Waals surface area contributed by atoms with Crippen molar-refractivity contribution >= 4 is 0 Å². The molecule has 1 aliphatic heterocycles. The Morgan fingerprint density at radius 1 is 1.08 bits per heavy atom. The van der Waals surface area contributed by atoms with Gasteiger partial charge in [0.05, 0.1) is 0 Å². The Balaban J connectivity index is 1.56. The van der Waals surface area contributed by atoms with Gasteiger partial charge in [0.1, 0.15) is 0 Å². The Kier molecular flexibility index (Phi) is 3.23. The minimum absolute atomic E-state index is 0.478. The van der Waals surface area contributed by atoms with Gasteiger partial charge in [0.15, 0.2) is 0 Å². The van der Waals surface area contributed by atoms with Crippen molar-refractivity contribution in [3.63, 3.8) is 0 Å². The molecule has 1 saturated heterocycles. The molecule has 76 valence electrons. The molecule has 0 atom stereocenters. The van der Waals surface area contributed by atoms with Crippen LogP contribution in [-0.4, -0.2) is 30.6 Å². The van der Waals surface area contributed by atoms with E-state index < -0.39 is 0 Å². The summed E-state index contributed by atoms with van der Waals surface area (Å²) < 4.78 is 0. The maximum atomic E-state index is 5.74. The van der Waals surface area contributed by atoms with Gasteiger partial charge in [-0.2, -0.15) is 0 Å². The third-order valence-corrected chi connectivity index (χ3v) is 3.56. The molecule has 0 aromatic heterocycles. The molecule has 0 amide bonds. The third kappa shape index (κ3) is 2.68. The monoisotopic (exact) mass is 182 g/mol. The first kappa shape index (κ1) is 9.47. The van der Waals surface area contributed by atoms with E-state index >= 15 is 0 Å². The van der Waals surface area contributed by atoms with Crippen LogP contribution < -0.4 is 5.73 Å². The molecule has 0 spiro atoms. The van der Waals surface area contributed by atoms with E-state index in [0.717, 1.165) is 19.0 Å². The number of hydrogen-bond acceptors (Lipinski definition) is 2. The molecule has 0 aromatic carbocycles. The van der Waals surface area contributed by atoms with Crippen molar-refractivity contribution in [2.75, 3.05) is 19.6 Å². The highest BCUT2D eigenvalue weighted by molar-refractivity contribution is 4.82. The van der Waals surface area contributed by atoms with Crippen molar-refractivity contribution in [2.24, 2.45) is 11.7 Å². The van der Waals surface area contributed by atoms with Crippen LogP contribution in [0.25, 0.3) is 0 Å². The predicted molar refractivity (Wildman–Crippen MR) is 55.6 cm³/mol. The Bertz CT molecular complexity index is 146. The van der Waals surface area contributed by atoms with E-state index in [1.807, 2.05) is 0 Å². The number of nitrogens with two attached hydrogens (primary N) is 1. The van der Waals surface area contributed by atoms with E-state index in [1.54, 1.807) is 0 Å². The average molecular weight is 182 g/mol. The van der Waals surface area contributed by atoms with Crippen LogP contribution in [0, 0.1) is 5.92 Å². The summed E-state index contributed by atoms with van der Waals surface area (Å²) in [7, 11) is 0. The van der Waals surface area contributed by atoms with Crippen molar-refractivity contribution in [3.8, 4) is 0 Å². The maximum Gasteiger partial charge on any atom is 0.0297 e. The van der Waals surface area contributed by atoms with Crippen molar-refractivity contribution in [1.29, 1.82) is 0 Å². The standard InChI is InChI=1S/C11H22N2/c12-11-8-13(9-11)7-6-10-4-2-1-3-5-10/h10-11H,1-9,12H2. The molecule has 1 aliphatic carbocycles. The SMILES string of the molecule is NC1CN(CCC2CCCCC2)C1. The molecule has 13 heavy (non-hydrogen) atoms. The highest BCUT2D eigenvalue weighted by atomic mass is 15.2. The number of nitrogens with zero attached hydrogens (tertiary/aromatic N) is 1. The fourth-order valence-electron chi connectivity index (χ4n) is 2.63. The van der Waals surface area contributed by atoms with Crippen LogP contribution in [0.15, 0.2) is 0 Å². The molecule has 1 saturated carbocycles. The van der Waals surface area contributed by atoms with E-state index in [1.165, 1.54) is 45.1 Å². The van der Waals surface area contributed by atoms with Crippen LogP contribution in [0.2, 0.25) is 0 Å². The average Bonchev–Trinajstić information content (AvgIpc) is 2.12. The Labute approximate surface area is 81.5 Å². The molecular weight excluding hydrogens is 160 g/mol. The minimum Gasteiger partial charge on any atom is -0.325 e. The van der Waals surface area contributed by atoms with Crippen molar-refractivity contribution < 1.29 is 0 Å². The number of rotatable bonds is 3. The second-order valence-corrected chi connectivity index (χ2v) is 4.81. The van der Waals surface area contributed by atoms with Gasteiger partial charge in [-0.3, -0.25) is 0 Å². The maximum absolute atomic E-state index is 5.74. The molecule has 2 heteroatoms. The van der Waals surface area contributed by atoms with Crippen molar-refractivity contribution in [3.05, 3.63) is 0 Å².